The van der Waals surface area contributed by atoms with E-state index in [-0.39, 0.29) is 5.91 Å². The zero-order valence-electron chi connectivity index (χ0n) is 14.9. The number of nitrogens with zero attached hydrogens (tertiary/aromatic N) is 2. The highest BCUT2D eigenvalue weighted by molar-refractivity contribution is 7.15. The minimum Gasteiger partial charge on any atom is -0.375 e. The second kappa shape index (κ2) is 8.45. The van der Waals surface area contributed by atoms with Crippen molar-refractivity contribution in [3.8, 4) is 0 Å². The van der Waals surface area contributed by atoms with Crippen molar-refractivity contribution in [1.82, 2.24) is 10.3 Å². The van der Waals surface area contributed by atoms with Gasteiger partial charge >= 0.3 is 0 Å². The van der Waals surface area contributed by atoms with Gasteiger partial charge in [-0.05, 0) is 62.5 Å². The van der Waals surface area contributed by atoms with Crippen molar-refractivity contribution in [3.63, 3.8) is 0 Å². The molecule has 0 aliphatic carbocycles. The summed E-state index contributed by atoms with van der Waals surface area (Å²) in [6.45, 7) is 5.28. The zero-order valence-corrected chi connectivity index (χ0v) is 15.7. The Bertz CT molecular complexity index is 692. The van der Waals surface area contributed by atoms with E-state index >= 15 is 0 Å². The number of anilines is 2. The Morgan fingerprint density at radius 2 is 2.04 bits per heavy atom. The number of carbonyl (C=O) groups excluding carboxylic acids is 1. The summed E-state index contributed by atoms with van der Waals surface area (Å²) < 4.78 is 0. The van der Waals surface area contributed by atoms with Crippen LogP contribution in [0, 0.1) is 0 Å². The molecule has 1 aliphatic heterocycles. The van der Waals surface area contributed by atoms with Crippen molar-refractivity contribution in [2.75, 3.05) is 36.9 Å². The first kappa shape index (κ1) is 17.9. The van der Waals surface area contributed by atoms with Crippen molar-refractivity contribution in [3.05, 3.63) is 40.9 Å². The molecule has 3 rings (SSSR count). The third-order valence-corrected chi connectivity index (χ3v) is 5.69. The Labute approximate surface area is 153 Å². The first-order valence-corrected chi connectivity index (χ1v) is 9.78. The number of thiazole rings is 1. The van der Waals surface area contributed by atoms with Crippen molar-refractivity contribution in [1.29, 1.82) is 0 Å². The SMILES string of the molecule is CCCN(C)c1ccc(C(=O)Nc2ncc(C3CCNCC3)s2)cc1. The van der Waals surface area contributed by atoms with E-state index in [1.807, 2.05) is 30.5 Å². The first-order valence-electron chi connectivity index (χ1n) is 8.96. The zero-order chi connectivity index (χ0) is 17.6. The highest BCUT2D eigenvalue weighted by atomic mass is 32.1. The van der Waals surface area contributed by atoms with Crippen LogP contribution >= 0.6 is 11.3 Å². The van der Waals surface area contributed by atoms with Crippen molar-refractivity contribution in [2.24, 2.45) is 0 Å². The van der Waals surface area contributed by atoms with Gasteiger partial charge in [-0.3, -0.25) is 10.1 Å². The minimum absolute atomic E-state index is 0.101. The van der Waals surface area contributed by atoms with E-state index in [2.05, 4.69) is 34.5 Å². The van der Waals surface area contributed by atoms with Gasteiger partial charge < -0.3 is 10.2 Å². The molecule has 1 amide bonds. The molecule has 6 heteroatoms. The molecular weight excluding hydrogens is 332 g/mol. The maximum atomic E-state index is 12.4. The fourth-order valence-electron chi connectivity index (χ4n) is 3.14. The average Bonchev–Trinajstić information content (AvgIpc) is 3.11. The summed E-state index contributed by atoms with van der Waals surface area (Å²) in [6, 6.07) is 7.73. The minimum atomic E-state index is -0.101. The van der Waals surface area contributed by atoms with E-state index in [0.717, 1.165) is 44.6 Å². The number of amides is 1. The molecule has 0 radical (unpaired) electrons. The Morgan fingerprint density at radius 1 is 1.32 bits per heavy atom. The van der Waals surface area contributed by atoms with Gasteiger partial charge in [-0.25, -0.2) is 4.98 Å². The van der Waals surface area contributed by atoms with E-state index in [0.29, 0.717) is 16.6 Å². The normalized spacial score (nSPS) is 15.1. The number of rotatable bonds is 6. The van der Waals surface area contributed by atoms with Crippen LogP contribution in [-0.2, 0) is 0 Å². The molecule has 0 saturated carbocycles. The largest absolute Gasteiger partial charge is 0.375 e. The van der Waals surface area contributed by atoms with E-state index in [1.54, 1.807) is 11.3 Å². The number of nitrogens with one attached hydrogen (secondary N) is 2. The summed E-state index contributed by atoms with van der Waals surface area (Å²) in [4.78, 5) is 20.3. The smallest absolute Gasteiger partial charge is 0.257 e. The number of aromatic nitrogens is 1. The van der Waals surface area contributed by atoms with Gasteiger partial charge in [0.25, 0.3) is 5.91 Å². The van der Waals surface area contributed by atoms with Crippen LogP contribution in [0.5, 0.6) is 0 Å². The molecule has 2 heterocycles. The lowest BCUT2D eigenvalue weighted by Gasteiger charge is -2.20. The number of hydrogen-bond acceptors (Lipinski definition) is 5. The van der Waals surface area contributed by atoms with Gasteiger partial charge in [-0.2, -0.15) is 0 Å². The van der Waals surface area contributed by atoms with E-state index in [4.69, 9.17) is 0 Å². The molecule has 134 valence electrons. The number of hydrogen-bond donors (Lipinski definition) is 2. The van der Waals surface area contributed by atoms with Crippen molar-refractivity contribution >= 4 is 28.1 Å². The highest BCUT2D eigenvalue weighted by Gasteiger charge is 2.18. The molecule has 1 aromatic heterocycles. The molecular formula is C19H26N4OS. The molecule has 1 saturated heterocycles. The summed E-state index contributed by atoms with van der Waals surface area (Å²) in [5.74, 6) is 0.466. The molecule has 25 heavy (non-hydrogen) atoms. The third kappa shape index (κ3) is 4.58. The van der Waals surface area contributed by atoms with Crippen LogP contribution in [0.25, 0.3) is 0 Å². The molecule has 2 N–H and O–H groups in total. The number of benzene rings is 1. The van der Waals surface area contributed by atoms with Gasteiger partial charge in [-0.1, -0.05) is 6.92 Å². The summed E-state index contributed by atoms with van der Waals surface area (Å²) in [5.41, 5.74) is 1.79. The van der Waals surface area contributed by atoms with Crippen LogP contribution in [0.4, 0.5) is 10.8 Å². The lowest BCUT2D eigenvalue weighted by Crippen LogP contribution is -2.26. The maximum Gasteiger partial charge on any atom is 0.257 e. The van der Waals surface area contributed by atoms with Crippen LogP contribution in [0.2, 0.25) is 0 Å². The number of carbonyl (C=O) groups is 1. The van der Waals surface area contributed by atoms with Crippen LogP contribution in [0.3, 0.4) is 0 Å². The molecule has 0 bridgehead atoms. The van der Waals surface area contributed by atoms with Gasteiger partial charge in [0.05, 0.1) is 0 Å². The summed E-state index contributed by atoms with van der Waals surface area (Å²) in [5, 5.41) is 6.99. The molecule has 2 aromatic rings. The van der Waals surface area contributed by atoms with Gasteiger partial charge in [0, 0.05) is 35.9 Å². The van der Waals surface area contributed by atoms with E-state index in [1.165, 1.54) is 4.88 Å². The van der Waals surface area contributed by atoms with Crippen LogP contribution in [0.1, 0.15) is 47.3 Å². The molecule has 5 nitrogen and oxygen atoms in total. The first-order chi connectivity index (χ1) is 12.2. The van der Waals surface area contributed by atoms with Gasteiger partial charge in [0.15, 0.2) is 5.13 Å². The fraction of sp³-hybridized carbons (Fsp3) is 0.474. The molecule has 1 fully saturated rings. The maximum absolute atomic E-state index is 12.4. The van der Waals surface area contributed by atoms with E-state index in [9.17, 15) is 4.79 Å². The second-order valence-corrected chi connectivity index (χ2v) is 7.58. The lowest BCUT2D eigenvalue weighted by molar-refractivity contribution is 0.102. The second-order valence-electron chi connectivity index (χ2n) is 6.51. The molecule has 1 aromatic carbocycles. The monoisotopic (exact) mass is 358 g/mol. The molecule has 0 spiro atoms. The summed E-state index contributed by atoms with van der Waals surface area (Å²) >= 11 is 1.60. The van der Waals surface area contributed by atoms with Gasteiger partial charge in [0.2, 0.25) is 0 Å². The predicted octanol–water partition coefficient (Wildman–Crippen LogP) is 3.71. The summed E-state index contributed by atoms with van der Waals surface area (Å²) in [6.07, 6.45) is 5.30. The lowest BCUT2D eigenvalue weighted by atomic mass is 9.97. The van der Waals surface area contributed by atoms with Crippen molar-refractivity contribution < 1.29 is 4.79 Å². The Kier molecular flexibility index (Phi) is 6.04. The Hall–Kier alpha value is -1.92. The van der Waals surface area contributed by atoms with E-state index < -0.39 is 0 Å². The molecule has 0 unspecified atom stereocenters. The predicted molar refractivity (Wildman–Crippen MR) is 105 cm³/mol. The van der Waals surface area contributed by atoms with Crippen LogP contribution in [-0.4, -0.2) is 37.6 Å². The quantitative estimate of drug-likeness (QED) is 0.826. The standard InChI is InChI=1S/C19H26N4OS/c1-3-12-23(2)16-6-4-15(5-7-16)18(24)22-19-21-13-17(25-19)14-8-10-20-11-9-14/h4-7,13-14,20H,3,8-12H2,1-2H3,(H,21,22,24). The topological polar surface area (TPSA) is 57.3 Å². The van der Waals surface area contributed by atoms with Gasteiger partial charge in [-0.15, -0.1) is 11.3 Å². The van der Waals surface area contributed by atoms with Crippen LogP contribution < -0.4 is 15.5 Å². The van der Waals surface area contributed by atoms with Crippen molar-refractivity contribution in [2.45, 2.75) is 32.1 Å². The Morgan fingerprint density at radius 3 is 2.72 bits per heavy atom. The third-order valence-electron chi connectivity index (χ3n) is 4.61. The highest BCUT2D eigenvalue weighted by Crippen LogP contribution is 2.31. The number of piperidine rings is 1. The van der Waals surface area contributed by atoms with Crippen LogP contribution in [0.15, 0.2) is 30.5 Å². The fourth-order valence-corrected chi connectivity index (χ4v) is 4.12. The average molecular weight is 359 g/mol. The molecule has 0 atom stereocenters. The summed E-state index contributed by atoms with van der Waals surface area (Å²) in [7, 11) is 2.07. The Balaban J connectivity index is 1.61. The molecule has 1 aliphatic rings. The van der Waals surface area contributed by atoms with Gasteiger partial charge in [0.1, 0.15) is 0 Å².